The highest BCUT2D eigenvalue weighted by Gasteiger charge is 2.20. The molecule has 2 aromatic rings. The number of nitrogens with one attached hydrogen (secondary N) is 2. The van der Waals surface area contributed by atoms with Crippen LogP contribution >= 0.6 is 23.2 Å². The average Bonchev–Trinajstić information content (AvgIpc) is 2.58. The molecular weight excluding hydrogens is 375 g/mol. The first-order chi connectivity index (χ1) is 11.3. The molecule has 0 radical (unpaired) electrons. The molecule has 24 heavy (non-hydrogen) atoms. The molecule has 2 rings (SSSR count). The summed E-state index contributed by atoms with van der Waals surface area (Å²) in [6.07, 6.45) is 0. The van der Waals surface area contributed by atoms with Crippen molar-refractivity contribution < 1.29 is 17.9 Å². The highest BCUT2D eigenvalue weighted by Crippen LogP contribution is 2.30. The molecule has 9 heteroatoms. The van der Waals surface area contributed by atoms with Gasteiger partial charge in [0.25, 0.3) is 5.91 Å². The van der Waals surface area contributed by atoms with E-state index in [2.05, 4.69) is 10.0 Å². The van der Waals surface area contributed by atoms with E-state index in [1.807, 2.05) is 0 Å². The third-order valence-electron chi connectivity index (χ3n) is 3.18. The van der Waals surface area contributed by atoms with Gasteiger partial charge in [-0.3, -0.25) is 4.79 Å². The number of ether oxygens (including phenoxy) is 1. The Labute approximate surface area is 149 Å². The second-order valence-electron chi connectivity index (χ2n) is 4.63. The van der Waals surface area contributed by atoms with Crippen molar-refractivity contribution in [3.8, 4) is 5.75 Å². The number of anilines is 1. The molecule has 0 atom stereocenters. The van der Waals surface area contributed by atoms with Gasteiger partial charge in [0.1, 0.15) is 10.6 Å². The summed E-state index contributed by atoms with van der Waals surface area (Å²) in [6.45, 7) is 0. The fourth-order valence-corrected chi connectivity index (χ4v) is 3.20. The Morgan fingerprint density at radius 2 is 1.88 bits per heavy atom. The molecule has 0 heterocycles. The van der Waals surface area contributed by atoms with Crippen LogP contribution in [0.2, 0.25) is 10.0 Å². The number of carbonyl (C=O) groups is 1. The van der Waals surface area contributed by atoms with Crippen molar-refractivity contribution in [2.24, 2.45) is 0 Å². The average molecular weight is 389 g/mol. The van der Waals surface area contributed by atoms with Crippen LogP contribution in [-0.4, -0.2) is 28.5 Å². The van der Waals surface area contributed by atoms with E-state index in [9.17, 15) is 13.2 Å². The maximum atomic E-state index is 12.4. The molecule has 2 aromatic carbocycles. The first-order valence-corrected chi connectivity index (χ1v) is 8.91. The molecular formula is C15H14Cl2N2O4S. The molecule has 0 spiro atoms. The van der Waals surface area contributed by atoms with Crippen LogP contribution in [0.25, 0.3) is 0 Å². The molecule has 0 saturated heterocycles. The van der Waals surface area contributed by atoms with E-state index in [-0.39, 0.29) is 21.2 Å². The van der Waals surface area contributed by atoms with Crippen molar-refractivity contribution >= 4 is 44.8 Å². The number of carbonyl (C=O) groups excluding carboxylic acids is 1. The quantitative estimate of drug-likeness (QED) is 0.823. The molecule has 1 amide bonds. The molecule has 0 aliphatic carbocycles. The Morgan fingerprint density at radius 1 is 1.17 bits per heavy atom. The minimum Gasteiger partial charge on any atom is -0.495 e. The number of hydrogen-bond donors (Lipinski definition) is 2. The van der Waals surface area contributed by atoms with Gasteiger partial charge in [-0.2, -0.15) is 0 Å². The molecule has 0 saturated carbocycles. The number of halogens is 2. The summed E-state index contributed by atoms with van der Waals surface area (Å²) in [4.78, 5) is 12.2. The van der Waals surface area contributed by atoms with Gasteiger partial charge in [-0.1, -0.05) is 29.3 Å². The van der Waals surface area contributed by atoms with Crippen molar-refractivity contribution in [2.75, 3.05) is 19.5 Å². The van der Waals surface area contributed by atoms with Gasteiger partial charge in [0.15, 0.2) is 0 Å². The molecule has 0 aliphatic heterocycles. The van der Waals surface area contributed by atoms with Crippen molar-refractivity contribution in [1.29, 1.82) is 0 Å². The summed E-state index contributed by atoms with van der Waals surface area (Å²) in [6, 6.07) is 8.87. The predicted molar refractivity (Wildman–Crippen MR) is 93.7 cm³/mol. The lowest BCUT2D eigenvalue weighted by Gasteiger charge is -2.12. The zero-order chi connectivity index (χ0) is 17.9. The zero-order valence-electron chi connectivity index (χ0n) is 12.8. The van der Waals surface area contributed by atoms with E-state index >= 15 is 0 Å². The number of sulfonamides is 1. The van der Waals surface area contributed by atoms with E-state index in [0.29, 0.717) is 10.7 Å². The highest BCUT2D eigenvalue weighted by atomic mass is 35.5. The fraction of sp³-hybridized carbons (Fsp3) is 0.133. The van der Waals surface area contributed by atoms with Gasteiger partial charge in [0, 0.05) is 5.56 Å². The summed E-state index contributed by atoms with van der Waals surface area (Å²) in [5.41, 5.74) is 0.448. The third kappa shape index (κ3) is 3.81. The van der Waals surface area contributed by atoms with Crippen molar-refractivity contribution in [1.82, 2.24) is 4.72 Å². The van der Waals surface area contributed by atoms with Crippen LogP contribution in [0, 0.1) is 0 Å². The molecule has 0 fully saturated rings. The second-order valence-corrected chi connectivity index (χ2v) is 7.27. The highest BCUT2D eigenvalue weighted by molar-refractivity contribution is 7.89. The zero-order valence-corrected chi connectivity index (χ0v) is 15.1. The van der Waals surface area contributed by atoms with E-state index in [4.69, 9.17) is 27.9 Å². The van der Waals surface area contributed by atoms with Gasteiger partial charge in [-0.05, 0) is 37.4 Å². The first-order valence-electron chi connectivity index (χ1n) is 6.67. The first kappa shape index (κ1) is 18.5. The normalized spacial score (nSPS) is 11.2. The van der Waals surface area contributed by atoms with Crippen LogP contribution in [0.4, 0.5) is 5.69 Å². The van der Waals surface area contributed by atoms with Crippen LogP contribution in [-0.2, 0) is 10.0 Å². The van der Waals surface area contributed by atoms with Crippen LogP contribution < -0.4 is 14.8 Å². The summed E-state index contributed by atoms with van der Waals surface area (Å²) in [5.74, 6) is -0.406. The number of benzene rings is 2. The molecule has 0 bridgehead atoms. The second kappa shape index (κ2) is 7.40. The van der Waals surface area contributed by atoms with E-state index < -0.39 is 15.9 Å². The third-order valence-corrected chi connectivity index (χ3v) is 5.44. The van der Waals surface area contributed by atoms with Crippen LogP contribution in [0.5, 0.6) is 5.75 Å². The lowest BCUT2D eigenvalue weighted by molar-refractivity contribution is 0.102. The fourth-order valence-electron chi connectivity index (χ4n) is 1.93. The molecule has 0 unspecified atom stereocenters. The summed E-state index contributed by atoms with van der Waals surface area (Å²) >= 11 is 11.9. The minimum atomic E-state index is -3.79. The number of amides is 1. The maximum absolute atomic E-state index is 12.4. The molecule has 2 N–H and O–H groups in total. The van der Waals surface area contributed by atoms with Crippen LogP contribution in [0.15, 0.2) is 41.3 Å². The number of methoxy groups -OCH3 is 1. The van der Waals surface area contributed by atoms with Gasteiger partial charge in [-0.15, -0.1) is 0 Å². The Bertz CT molecular complexity index is 885. The van der Waals surface area contributed by atoms with E-state index in [1.54, 1.807) is 18.2 Å². The Kier molecular flexibility index (Phi) is 5.71. The summed E-state index contributed by atoms with van der Waals surface area (Å²) in [7, 11) is -1.17. The summed E-state index contributed by atoms with van der Waals surface area (Å²) < 4.78 is 31.3. The summed E-state index contributed by atoms with van der Waals surface area (Å²) in [5, 5.41) is 3.08. The largest absolute Gasteiger partial charge is 0.495 e. The van der Waals surface area contributed by atoms with E-state index in [0.717, 1.165) is 0 Å². The maximum Gasteiger partial charge on any atom is 0.255 e. The van der Waals surface area contributed by atoms with Crippen LogP contribution in [0.3, 0.4) is 0 Å². The molecule has 6 nitrogen and oxygen atoms in total. The van der Waals surface area contributed by atoms with Crippen molar-refractivity contribution in [3.05, 3.63) is 52.0 Å². The Morgan fingerprint density at radius 3 is 2.50 bits per heavy atom. The molecule has 0 aromatic heterocycles. The van der Waals surface area contributed by atoms with Gasteiger partial charge in [-0.25, -0.2) is 13.1 Å². The lowest BCUT2D eigenvalue weighted by atomic mass is 10.2. The molecule has 128 valence electrons. The number of rotatable bonds is 5. The smallest absolute Gasteiger partial charge is 0.255 e. The predicted octanol–water partition coefficient (Wildman–Crippen LogP) is 3.16. The molecule has 0 aliphatic rings. The topological polar surface area (TPSA) is 84.5 Å². The standard InChI is InChI=1S/C15H14Cl2N2O4S/c1-18-24(21,22)13-8-9(6-7-12(13)23-2)15(20)19-11-5-3-4-10(16)14(11)17/h3-8,18H,1-2H3,(H,19,20). The van der Waals surface area contributed by atoms with Crippen molar-refractivity contribution in [2.45, 2.75) is 4.90 Å². The van der Waals surface area contributed by atoms with Crippen molar-refractivity contribution in [3.63, 3.8) is 0 Å². The minimum absolute atomic E-state index is 0.126. The SMILES string of the molecule is CNS(=O)(=O)c1cc(C(=O)Nc2cccc(Cl)c2Cl)ccc1OC. The lowest BCUT2D eigenvalue weighted by Crippen LogP contribution is -2.20. The Balaban J connectivity index is 2.40. The monoisotopic (exact) mass is 388 g/mol. The van der Waals surface area contributed by atoms with Gasteiger partial charge in [0.05, 0.1) is 22.8 Å². The van der Waals surface area contributed by atoms with Gasteiger partial charge in [0.2, 0.25) is 10.0 Å². The van der Waals surface area contributed by atoms with Crippen LogP contribution in [0.1, 0.15) is 10.4 Å². The number of hydrogen-bond acceptors (Lipinski definition) is 4. The van der Waals surface area contributed by atoms with Gasteiger partial charge < -0.3 is 10.1 Å². The van der Waals surface area contributed by atoms with Gasteiger partial charge >= 0.3 is 0 Å². The van der Waals surface area contributed by atoms with E-state index in [1.165, 1.54) is 32.4 Å². The Hall–Kier alpha value is -1.80.